The normalized spacial score (nSPS) is 36.6. The summed E-state index contributed by atoms with van der Waals surface area (Å²) in [5.74, 6) is 2.35. The Morgan fingerprint density at radius 2 is 2.15 bits per heavy atom. The molecule has 2 bridgehead atoms. The summed E-state index contributed by atoms with van der Waals surface area (Å²) in [4.78, 5) is 2.74. The van der Waals surface area contributed by atoms with Crippen LogP contribution in [0.2, 0.25) is 0 Å². The van der Waals surface area contributed by atoms with Crippen LogP contribution in [0.3, 0.4) is 0 Å². The van der Waals surface area contributed by atoms with E-state index in [1.807, 2.05) is 0 Å². The third kappa shape index (κ3) is 1.97. The van der Waals surface area contributed by atoms with E-state index in [1.165, 1.54) is 30.5 Å². The van der Waals surface area contributed by atoms with Crippen LogP contribution in [-0.4, -0.2) is 50.5 Å². The zero-order chi connectivity index (χ0) is 17.9. The highest BCUT2D eigenvalue weighted by Gasteiger charge is 2.64. The molecular formula is C22H29NO3. The first-order valence-corrected chi connectivity index (χ1v) is 10.1. The lowest BCUT2D eigenvalue weighted by Gasteiger charge is -2.57. The predicted octanol–water partition coefficient (Wildman–Crippen LogP) is 3.33. The minimum absolute atomic E-state index is 0.0112. The first-order chi connectivity index (χ1) is 12.7. The van der Waals surface area contributed by atoms with E-state index in [2.05, 4.69) is 36.1 Å². The van der Waals surface area contributed by atoms with Gasteiger partial charge in [0.15, 0.2) is 11.5 Å². The Hall–Kier alpha value is -1.52. The van der Waals surface area contributed by atoms with Gasteiger partial charge in [-0.3, -0.25) is 4.90 Å². The molecule has 5 atom stereocenters. The van der Waals surface area contributed by atoms with Crippen LogP contribution in [0.25, 0.3) is 0 Å². The van der Waals surface area contributed by atoms with Crippen LogP contribution >= 0.6 is 0 Å². The van der Waals surface area contributed by atoms with E-state index in [4.69, 9.17) is 14.2 Å². The molecule has 0 N–H and O–H groups in total. The van der Waals surface area contributed by atoms with Crippen molar-refractivity contribution in [3.8, 4) is 11.5 Å². The predicted molar refractivity (Wildman–Crippen MR) is 101 cm³/mol. The maximum absolute atomic E-state index is 6.60. The van der Waals surface area contributed by atoms with Crippen LogP contribution in [0.4, 0.5) is 0 Å². The van der Waals surface area contributed by atoms with Gasteiger partial charge in [-0.2, -0.15) is 0 Å². The first-order valence-electron chi connectivity index (χ1n) is 10.1. The average molecular weight is 355 g/mol. The summed E-state index contributed by atoms with van der Waals surface area (Å²) in [6.45, 7) is 4.64. The van der Waals surface area contributed by atoms with Crippen molar-refractivity contribution in [3.05, 3.63) is 35.4 Å². The van der Waals surface area contributed by atoms with Crippen molar-refractivity contribution in [1.82, 2.24) is 4.90 Å². The molecule has 2 aliphatic carbocycles. The lowest BCUT2D eigenvalue weighted by atomic mass is 9.53. The van der Waals surface area contributed by atoms with Crippen molar-refractivity contribution in [1.29, 1.82) is 0 Å². The van der Waals surface area contributed by atoms with E-state index in [0.717, 1.165) is 30.9 Å². The highest BCUT2D eigenvalue weighted by molar-refractivity contribution is 5.62. The van der Waals surface area contributed by atoms with Gasteiger partial charge in [0.2, 0.25) is 0 Å². The molecule has 1 fully saturated rings. The summed E-state index contributed by atoms with van der Waals surface area (Å²) in [5, 5.41) is 0. The van der Waals surface area contributed by atoms with Gasteiger partial charge in [-0.05, 0) is 44.0 Å². The Morgan fingerprint density at radius 3 is 2.92 bits per heavy atom. The maximum Gasteiger partial charge on any atom is 0.165 e. The molecule has 1 spiro atoms. The van der Waals surface area contributed by atoms with Gasteiger partial charge in [-0.15, -0.1) is 0 Å². The monoisotopic (exact) mass is 355 g/mol. The molecule has 2 heterocycles. The smallest absolute Gasteiger partial charge is 0.165 e. The molecule has 5 rings (SSSR count). The second-order valence-electron chi connectivity index (χ2n) is 8.23. The van der Waals surface area contributed by atoms with Gasteiger partial charge >= 0.3 is 0 Å². The van der Waals surface area contributed by atoms with Crippen molar-refractivity contribution >= 4 is 0 Å². The molecule has 0 amide bonds. The van der Waals surface area contributed by atoms with Crippen LogP contribution in [0.15, 0.2) is 24.3 Å². The van der Waals surface area contributed by atoms with E-state index < -0.39 is 0 Å². The number of likely N-dealkylation sites (tertiary alicyclic amines) is 1. The minimum Gasteiger partial charge on any atom is -0.493 e. The van der Waals surface area contributed by atoms with Gasteiger partial charge in [-0.25, -0.2) is 0 Å². The van der Waals surface area contributed by atoms with Gasteiger partial charge in [0.1, 0.15) is 12.2 Å². The molecule has 0 aromatic heterocycles. The fraction of sp³-hybridized carbons (Fsp3) is 0.636. The standard InChI is InChI=1S/C22H29NO3/c1-4-5-11-23-12-10-22-15-7-9-18(25-3)21(22)26-20-17(24-2)8-6-14(19(20)22)13-16(15)23/h6-9,15-16,18,21H,4-5,10-13H2,1-3H3. The van der Waals surface area contributed by atoms with E-state index in [0.29, 0.717) is 12.0 Å². The summed E-state index contributed by atoms with van der Waals surface area (Å²) in [5.41, 5.74) is 2.92. The second kappa shape index (κ2) is 6.00. The van der Waals surface area contributed by atoms with Crippen molar-refractivity contribution in [2.24, 2.45) is 5.92 Å². The molecule has 0 saturated carbocycles. The molecule has 0 radical (unpaired) electrons. The molecule has 140 valence electrons. The second-order valence-corrected chi connectivity index (χ2v) is 8.23. The summed E-state index contributed by atoms with van der Waals surface area (Å²) in [6, 6.07) is 4.93. The molecule has 26 heavy (non-hydrogen) atoms. The summed E-state index contributed by atoms with van der Waals surface area (Å²) in [7, 11) is 3.54. The zero-order valence-electron chi connectivity index (χ0n) is 16.0. The highest BCUT2D eigenvalue weighted by atomic mass is 16.6. The van der Waals surface area contributed by atoms with Crippen LogP contribution in [-0.2, 0) is 16.6 Å². The third-order valence-electron chi connectivity index (χ3n) is 7.24. The van der Waals surface area contributed by atoms with Crippen LogP contribution in [0.1, 0.15) is 37.3 Å². The molecule has 4 nitrogen and oxygen atoms in total. The molecular weight excluding hydrogens is 326 g/mol. The fourth-order valence-corrected chi connectivity index (χ4v) is 6.10. The van der Waals surface area contributed by atoms with E-state index in [1.54, 1.807) is 14.2 Å². The quantitative estimate of drug-likeness (QED) is 0.758. The number of benzene rings is 1. The minimum atomic E-state index is 0.0112. The topological polar surface area (TPSA) is 30.9 Å². The molecule has 2 aliphatic heterocycles. The Labute approximate surface area is 156 Å². The molecule has 4 aliphatic rings. The number of ether oxygens (including phenoxy) is 3. The lowest BCUT2D eigenvalue weighted by Crippen LogP contribution is -2.65. The molecule has 1 aromatic rings. The number of nitrogens with zero attached hydrogens (tertiary/aromatic N) is 1. The Kier molecular flexibility index (Phi) is 3.84. The Morgan fingerprint density at radius 1 is 1.27 bits per heavy atom. The van der Waals surface area contributed by atoms with E-state index in [9.17, 15) is 0 Å². The number of unbranched alkanes of at least 4 members (excludes halogenated alkanes) is 1. The SMILES string of the molecule is CCCCN1CCC23c4c5ccc(OC)c4OC2C(OC)C=CC3C1C5. The van der Waals surface area contributed by atoms with Crippen molar-refractivity contribution in [2.45, 2.75) is 56.3 Å². The van der Waals surface area contributed by atoms with Crippen molar-refractivity contribution in [3.63, 3.8) is 0 Å². The van der Waals surface area contributed by atoms with Gasteiger partial charge in [0.25, 0.3) is 0 Å². The average Bonchev–Trinajstić information content (AvgIpc) is 3.01. The molecule has 1 saturated heterocycles. The highest BCUT2D eigenvalue weighted by Crippen LogP contribution is 2.62. The zero-order valence-corrected chi connectivity index (χ0v) is 16.0. The van der Waals surface area contributed by atoms with Crippen LogP contribution < -0.4 is 9.47 Å². The number of methoxy groups -OCH3 is 2. The summed E-state index contributed by atoms with van der Waals surface area (Å²) < 4.78 is 18.1. The number of piperidine rings is 1. The lowest BCUT2D eigenvalue weighted by molar-refractivity contribution is -0.0633. The summed E-state index contributed by atoms with van der Waals surface area (Å²) >= 11 is 0. The number of rotatable bonds is 5. The van der Waals surface area contributed by atoms with Crippen LogP contribution in [0, 0.1) is 5.92 Å². The molecule has 5 unspecified atom stereocenters. The number of hydrogen-bond donors (Lipinski definition) is 0. The largest absolute Gasteiger partial charge is 0.493 e. The maximum atomic E-state index is 6.60. The van der Waals surface area contributed by atoms with Gasteiger partial charge in [0, 0.05) is 30.0 Å². The third-order valence-corrected chi connectivity index (χ3v) is 7.24. The van der Waals surface area contributed by atoms with E-state index in [-0.39, 0.29) is 17.6 Å². The van der Waals surface area contributed by atoms with Gasteiger partial charge < -0.3 is 14.2 Å². The van der Waals surface area contributed by atoms with Crippen molar-refractivity contribution in [2.75, 3.05) is 27.3 Å². The first kappa shape index (κ1) is 16.6. The number of hydrogen-bond acceptors (Lipinski definition) is 4. The molecule has 4 heteroatoms. The van der Waals surface area contributed by atoms with Crippen molar-refractivity contribution < 1.29 is 14.2 Å². The fourth-order valence-electron chi connectivity index (χ4n) is 6.10. The van der Waals surface area contributed by atoms with Gasteiger partial charge in [-0.1, -0.05) is 31.6 Å². The Balaban J connectivity index is 1.67. The van der Waals surface area contributed by atoms with E-state index >= 15 is 0 Å². The molecule has 1 aromatic carbocycles. The van der Waals surface area contributed by atoms with Crippen LogP contribution in [0.5, 0.6) is 11.5 Å². The summed E-state index contributed by atoms with van der Waals surface area (Å²) in [6.07, 6.45) is 9.54. The Bertz CT molecular complexity index is 745. The van der Waals surface area contributed by atoms with Gasteiger partial charge in [0.05, 0.1) is 7.11 Å².